The van der Waals surface area contributed by atoms with E-state index < -0.39 is 5.41 Å². The molecule has 0 bridgehead atoms. The monoisotopic (exact) mass is 544 g/mol. The van der Waals surface area contributed by atoms with Gasteiger partial charge in [-0.3, -0.25) is 4.79 Å². The Morgan fingerprint density at radius 2 is 1.61 bits per heavy atom. The van der Waals surface area contributed by atoms with Gasteiger partial charge in [-0.05, 0) is 34.6 Å². The molecule has 41 heavy (non-hydrogen) atoms. The number of carbonyl (C=O) groups is 1. The number of hydrogen-bond donors (Lipinski definition) is 0. The van der Waals surface area contributed by atoms with Gasteiger partial charge in [-0.1, -0.05) is 72.8 Å². The lowest BCUT2D eigenvalue weighted by Crippen LogP contribution is -2.40. The molecule has 1 unspecified atom stereocenters. The normalized spacial score (nSPS) is 19.9. The van der Waals surface area contributed by atoms with Gasteiger partial charge in [0, 0.05) is 28.3 Å². The summed E-state index contributed by atoms with van der Waals surface area (Å²) in [5.74, 6) is 2.67. The highest BCUT2D eigenvalue weighted by Gasteiger charge is 2.38. The molecule has 204 valence electrons. The van der Waals surface area contributed by atoms with Gasteiger partial charge in [0.2, 0.25) is 5.76 Å². The molecule has 0 amide bonds. The molecule has 3 aromatic carbocycles. The van der Waals surface area contributed by atoms with Gasteiger partial charge in [0.05, 0.1) is 32.3 Å². The molecule has 0 radical (unpaired) electrons. The molecule has 0 N–H and O–H groups in total. The van der Waals surface area contributed by atoms with Crippen LogP contribution in [0.4, 0.5) is 0 Å². The van der Waals surface area contributed by atoms with Crippen LogP contribution in [0.5, 0.6) is 17.2 Å². The average molecular weight is 545 g/mol. The van der Waals surface area contributed by atoms with Crippen molar-refractivity contribution in [1.82, 2.24) is 0 Å². The first-order valence-electron chi connectivity index (χ1n) is 13.5. The van der Waals surface area contributed by atoms with Crippen LogP contribution in [0.1, 0.15) is 28.7 Å². The number of benzene rings is 3. The molecular formula is C35H28O6. The number of carbonyl (C=O) groups excluding carboxylic acids is 1. The fourth-order valence-electron chi connectivity index (χ4n) is 6.17. The quantitative estimate of drug-likeness (QED) is 0.460. The fourth-order valence-corrected chi connectivity index (χ4v) is 6.17. The number of hydrogen-bond acceptors (Lipinski definition) is 6. The molecule has 2 aliphatic carbocycles. The van der Waals surface area contributed by atoms with Gasteiger partial charge in [-0.2, -0.15) is 0 Å². The standard InChI is InChI=1S/C35H28O6/c1-37-24-14-12-23(13-15-24)35(22-9-5-4-6-10-22)17-16-25-27(19-35)26-18-29(38-2)34(39-3)41-33(26)31-30-21(20-40-32(25)31)8-7-11-28(30)36/h4-10,12-19H,11,20H2,1-3H3. The predicted octanol–water partition coefficient (Wildman–Crippen LogP) is 4.80. The minimum Gasteiger partial charge on any atom is -0.497 e. The number of rotatable bonds is 5. The molecule has 6 heteroatoms. The SMILES string of the molecule is COC1=C(OC)Oc2c3c(c4c(c2=C1)=CC(c1ccccc1)(c1ccc(OC)cc1)C=C4)OCC1=C3C(=O)CC=C1. The molecule has 0 spiro atoms. The Balaban J connectivity index is 1.60. The van der Waals surface area contributed by atoms with Crippen LogP contribution in [-0.4, -0.2) is 33.7 Å². The van der Waals surface area contributed by atoms with Crippen LogP contribution in [0.25, 0.3) is 23.8 Å². The molecule has 6 nitrogen and oxygen atoms in total. The molecule has 0 saturated carbocycles. The van der Waals surface area contributed by atoms with Gasteiger partial charge in [-0.25, -0.2) is 0 Å². The van der Waals surface area contributed by atoms with Crippen molar-refractivity contribution in [2.75, 3.05) is 27.9 Å². The van der Waals surface area contributed by atoms with E-state index >= 15 is 0 Å². The van der Waals surface area contributed by atoms with Gasteiger partial charge in [0.25, 0.3) is 0 Å². The maximum Gasteiger partial charge on any atom is 0.328 e. The summed E-state index contributed by atoms with van der Waals surface area (Å²) in [4.78, 5) is 13.3. The Morgan fingerprint density at radius 1 is 0.829 bits per heavy atom. The zero-order valence-corrected chi connectivity index (χ0v) is 23.0. The summed E-state index contributed by atoms with van der Waals surface area (Å²) < 4.78 is 29.5. The van der Waals surface area contributed by atoms with Crippen LogP contribution < -0.4 is 24.6 Å². The molecule has 2 heterocycles. The highest BCUT2D eigenvalue weighted by Crippen LogP contribution is 2.46. The number of allylic oxidation sites excluding steroid dienone is 4. The maximum atomic E-state index is 13.3. The smallest absolute Gasteiger partial charge is 0.328 e. The molecule has 0 saturated heterocycles. The number of ether oxygens (including phenoxy) is 5. The zero-order chi connectivity index (χ0) is 28.1. The van der Waals surface area contributed by atoms with Crippen LogP contribution in [0.2, 0.25) is 0 Å². The van der Waals surface area contributed by atoms with Gasteiger partial charge in [0.1, 0.15) is 18.1 Å². The Morgan fingerprint density at radius 3 is 2.34 bits per heavy atom. The predicted molar refractivity (Wildman–Crippen MR) is 157 cm³/mol. The highest BCUT2D eigenvalue weighted by molar-refractivity contribution is 6.25. The third-order valence-corrected chi connectivity index (χ3v) is 8.15. The highest BCUT2D eigenvalue weighted by atomic mass is 16.7. The Kier molecular flexibility index (Phi) is 5.86. The van der Waals surface area contributed by atoms with Crippen LogP contribution in [0.3, 0.4) is 0 Å². The van der Waals surface area contributed by atoms with Gasteiger partial charge in [-0.15, -0.1) is 0 Å². The van der Waals surface area contributed by atoms with Crippen molar-refractivity contribution in [1.29, 1.82) is 0 Å². The molecule has 2 aliphatic heterocycles. The minimum atomic E-state index is -0.600. The minimum absolute atomic E-state index is 0.0407. The summed E-state index contributed by atoms with van der Waals surface area (Å²) in [5, 5.41) is 1.72. The van der Waals surface area contributed by atoms with E-state index in [1.807, 2.05) is 48.6 Å². The van der Waals surface area contributed by atoms with E-state index in [1.54, 1.807) is 14.2 Å². The molecule has 0 aromatic heterocycles. The topological polar surface area (TPSA) is 63.2 Å². The van der Waals surface area contributed by atoms with Crippen LogP contribution >= 0.6 is 0 Å². The van der Waals surface area contributed by atoms with E-state index in [9.17, 15) is 4.79 Å². The number of fused-ring (bicyclic) bond motifs is 7. The first-order valence-corrected chi connectivity index (χ1v) is 13.5. The summed E-state index contributed by atoms with van der Waals surface area (Å²) in [5.41, 5.74) is 4.62. The van der Waals surface area contributed by atoms with Gasteiger partial charge >= 0.3 is 5.95 Å². The lowest BCUT2D eigenvalue weighted by Gasteiger charge is -2.34. The number of Topliss-reactive ketones (excluding diaryl/α,β-unsaturated/α-hetero) is 1. The molecule has 4 aliphatic rings. The average Bonchev–Trinajstić information content (AvgIpc) is 3.04. The Labute approximate surface area is 237 Å². The number of ketones is 1. The summed E-state index contributed by atoms with van der Waals surface area (Å²) in [6.07, 6.45) is 12.7. The lowest BCUT2D eigenvalue weighted by atomic mass is 9.70. The van der Waals surface area contributed by atoms with E-state index in [1.165, 1.54) is 7.11 Å². The largest absolute Gasteiger partial charge is 0.497 e. The lowest BCUT2D eigenvalue weighted by molar-refractivity contribution is -0.113. The van der Waals surface area contributed by atoms with Gasteiger partial charge < -0.3 is 23.7 Å². The Bertz CT molecular complexity index is 1840. The van der Waals surface area contributed by atoms with Crippen LogP contribution in [-0.2, 0) is 19.7 Å². The first kappa shape index (κ1) is 25.0. The number of methoxy groups -OCH3 is 3. The van der Waals surface area contributed by atoms with E-state index in [2.05, 4.69) is 42.5 Å². The summed E-state index contributed by atoms with van der Waals surface area (Å²) in [7, 11) is 4.78. The fraction of sp³-hybridized carbons (Fsp3) is 0.171. The second-order valence-electron chi connectivity index (χ2n) is 10.2. The zero-order valence-electron chi connectivity index (χ0n) is 23.0. The van der Waals surface area contributed by atoms with E-state index in [-0.39, 0.29) is 11.7 Å². The molecule has 7 rings (SSSR count). The van der Waals surface area contributed by atoms with Crippen molar-refractivity contribution in [3.8, 4) is 17.2 Å². The second kappa shape index (κ2) is 9.59. The van der Waals surface area contributed by atoms with E-state index in [0.29, 0.717) is 41.4 Å². The van der Waals surface area contributed by atoms with E-state index in [4.69, 9.17) is 23.7 Å². The summed E-state index contributed by atoms with van der Waals surface area (Å²) in [6.45, 7) is 0.311. The van der Waals surface area contributed by atoms with Crippen molar-refractivity contribution in [3.63, 3.8) is 0 Å². The van der Waals surface area contributed by atoms with Crippen molar-refractivity contribution in [2.24, 2.45) is 0 Å². The molecule has 3 aromatic rings. The van der Waals surface area contributed by atoms with Crippen molar-refractivity contribution in [2.45, 2.75) is 11.8 Å². The van der Waals surface area contributed by atoms with Crippen LogP contribution in [0.15, 0.2) is 90.1 Å². The summed E-state index contributed by atoms with van der Waals surface area (Å²) >= 11 is 0. The second-order valence-corrected chi connectivity index (χ2v) is 10.2. The van der Waals surface area contributed by atoms with Crippen LogP contribution in [0, 0.1) is 0 Å². The van der Waals surface area contributed by atoms with Gasteiger partial charge in [0.15, 0.2) is 11.5 Å². The van der Waals surface area contributed by atoms with Crippen molar-refractivity contribution < 1.29 is 28.5 Å². The summed E-state index contributed by atoms with van der Waals surface area (Å²) in [6, 6.07) is 18.5. The first-order chi connectivity index (χ1) is 20.1. The van der Waals surface area contributed by atoms with Crippen molar-refractivity contribution >= 4 is 29.6 Å². The van der Waals surface area contributed by atoms with E-state index in [0.717, 1.165) is 38.5 Å². The third-order valence-electron chi connectivity index (χ3n) is 8.15. The Hall–Kier alpha value is -4.97. The third kappa shape index (κ3) is 3.74. The molecular weight excluding hydrogens is 516 g/mol. The molecule has 0 fully saturated rings. The van der Waals surface area contributed by atoms with Crippen molar-refractivity contribution in [3.05, 3.63) is 123 Å². The maximum absolute atomic E-state index is 13.3. The molecule has 1 atom stereocenters.